The van der Waals surface area contributed by atoms with Crippen molar-refractivity contribution < 1.29 is 22.1 Å². The Morgan fingerprint density at radius 1 is 1.16 bits per heavy atom. The molecule has 1 N–H and O–H groups in total. The predicted molar refractivity (Wildman–Crippen MR) is 111 cm³/mol. The number of nitrogens with zero attached hydrogens (tertiary/aromatic N) is 4. The number of ether oxygens (including phenoxy) is 1. The van der Waals surface area contributed by atoms with Gasteiger partial charge in [-0.25, -0.2) is 17.8 Å². The summed E-state index contributed by atoms with van der Waals surface area (Å²) in [5, 5.41) is 13.4. The lowest BCUT2D eigenvalue weighted by Gasteiger charge is -2.11. The summed E-state index contributed by atoms with van der Waals surface area (Å²) in [6.45, 7) is 1.67. The van der Waals surface area contributed by atoms with E-state index in [1.165, 1.54) is 24.3 Å². The molecule has 160 valence electrons. The molecule has 2 aromatic carbocycles. The molecule has 0 bridgehead atoms. The van der Waals surface area contributed by atoms with E-state index < -0.39 is 15.8 Å². The van der Waals surface area contributed by atoms with Gasteiger partial charge >= 0.3 is 0 Å². The molecule has 0 amide bonds. The maximum Gasteiger partial charge on any atom is 0.263 e. The molecule has 0 unspecified atom stereocenters. The molecule has 4 rings (SSSR count). The number of aryl methyl sites for hydroxylation is 1. The molecule has 0 aliphatic carbocycles. The Morgan fingerprint density at radius 2 is 2.00 bits per heavy atom. The van der Waals surface area contributed by atoms with Crippen LogP contribution in [0.15, 0.2) is 70.2 Å². The highest BCUT2D eigenvalue weighted by atomic mass is 32.2. The van der Waals surface area contributed by atoms with Gasteiger partial charge in [-0.15, -0.1) is 0 Å². The van der Waals surface area contributed by atoms with E-state index in [1.807, 2.05) is 6.07 Å². The molecule has 0 spiro atoms. The minimum atomic E-state index is -4.06. The van der Waals surface area contributed by atoms with Gasteiger partial charge in [-0.05, 0) is 42.5 Å². The zero-order valence-corrected chi connectivity index (χ0v) is 17.3. The summed E-state index contributed by atoms with van der Waals surface area (Å²) in [5.74, 6) is 0.701. The Labute approximate surface area is 182 Å². The normalized spacial score (nSPS) is 11.0. The maximum absolute atomic E-state index is 13.0. The van der Waals surface area contributed by atoms with Crippen LogP contribution in [0.5, 0.6) is 11.5 Å². The van der Waals surface area contributed by atoms with E-state index in [1.54, 1.807) is 31.2 Å². The van der Waals surface area contributed by atoms with Crippen molar-refractivity contribution in [1.29, 1.82) is 5.26 Å². The van der Waals surface area contributed by atoms with Crippen LogP contribution in [0, 0.1) is 24.1 Å². The van der Waals surface area contributed by atoms with Crippen LogP contribution < -0.4 is 9.46 Å². The summed E-state index contributed by atoms with van der Waals surface area (Å²) in [7, 11) is -4.06. The second-order valence-electron chi connectivity index (χ2n) is 6.50. The largest absolute Gasteiger partial charge is 0.456 e. The summed E-state index contributed by atoms with van der Waals surface area (Å²) in [5.41, 5.74) is 0.647. The van der Waals surface area contributed by atoms with Crippen molar-refractivity contribution in [2.24, 2.45) is 0 Å². The minimum absolute atomic E-state index is 0.000693. The zero-order chi connectivity index (χ0) is 22.7. The third-order valence-corrected chi connectivity index (χ3v) is 5.55. The van der Waals surface area contributed by atoms with Gasteiger partial charge in [-0.1, -0.05) is 17.3 Å². The standard InChI is InChI=1S/C21H14FN5O4S/c1-13-25-21(26-31-13)14-3-2-4-17(9-14)30-19-7-6-18(10-15(19)11-23)32(28,29)27-20-8-5-16(22)12-24-20/h2-10,12H,1H3,(H,24,27). The molecule has 0 aliphatic heterocycles. The molecule has 2 heterocycles. The van der Waals surface area contributed by atoms with Gasteiger partial charge in [0.1, 0.15) is 29.2 Å². The number of halogens is 1. The van der Waals surface area contributed by atoms with E-state index in [2.05, 4.69) is 19.8 Å². The molecule has 0 saturated heterocycles. The van der Waals surface area contributed by atoms with Crippen LogP contribution in [-0.4, -0.2) is 23.5 Å². The number of nitriles is 1. The van der Waals surface area contributed by atoms with Crippen LogP contribution in [0.2, 0.25) is 0 Å². The SMILES string of the molecule is Cc1nc(-c2cccc(Oc3ccc(S(=O)(=O)Nc4ccc(F)cn4)cc3C#N)c2)no1. The van der Waals surface area contributed by atoms with Gasteiger partial charge in [0.25, 0.3) is 10.0 Å². The average molecular weight is 451 g/mol. The first-order valence-corrected chi connectivity index (χ1v) is 10.6. The third-order valence-electron chi connectivity index (χ3n) is 4.20. The summed E-state index contributed by atoms with van der Waals surface area (Å²) in [6.07, 6.45) is 0.888. The Bertz CT molecular complexity index is 1430. The van der Waals surface area contributed by atoms with Crippen molar-refractivity contribution >= 4 is 15.8 Å². The van der Waals surface area contributed by atoms with E-state index >= 15 is 0 Å². The van der Waals surface area contributed by atoms with E-state index in [9.17, 15) is 18.1 Å². The molecule has 0 radical (unpaired) electrons. The average Bonchev–Trinajstić information content (AvgIpc) is 3.22. The van der Waals surface area contributed by atoms with Crippen molar-refractivity contribution in [3.63, 3.8) is 0 Å². The summed E-state index contributed by atoms with van der Waals surface area (Å²) >= 11 is 0. The highest BCUT2D eigenvalue weighted by Crippen LogP contribution is 2.30. The van der Waals surface area contributed by atoms with Crippen molar-refractivity contribution in [2.45, 2.75) is 11.8 Å². The minimum Gasteiger partial charge on any atom is -0.456 e. The van der Waals surface area contributed by atoms with Gasteiger partial charge in [-0.3, -0.25) is 4.72 Å². The van der Waals surface area contributed by atoms with Crippen molar-refractivity contribution in [1.82, 2.24) is 15.1 Å². The fraction of sp³-hybridized carbons (Fsp3) is 0.0476. The first-order valence-electron chi connectivity index (χ1n) is 9.11. The summed E-state index contributed by atoms with van der Waals surface area (Å²) in [4.78, 5) is 7.65. The summed E-state index contributed by atoms with van der Waals surface area (Å²) in [6, 6.07) is 14.9. The highest BCUT2D eigenvalue weighted by molar-refractivity contribution is 7.92. The van der Waals surface area contributed by atoms with Crippen LogP contribution in [-0.2, 0) is 10.0 Å². The Balaban J connectivity index is 1.59. The van der Waals surface area contributed by atoms with Gasteiger partial charge < -0.3 is 9.26 Å². The number of hydrogen-bond donors (Lipinski definition) is 1. The van der Waals surface area contributed by atoms with Crippen molar-refractivity contribution in [2.75, 3.05) is 4.72 Å². The molecule has 0 aliphatic rings. The quantitative estimate of drug-likeness (QED) is 0.465. The molecule has 4 aromatic rings. The molecular weight excluding hydrogens is 437 g/mol. The number of pyridine rings is 1. The van der Waals surface area contributed by atoms with E-state index in [4.69, 9.17) is 9.26 Å². The summed E-state index contributed by atoms with van der Waals surface area (Å²) < 4.78 is 51.2. The Morgan fingerprint density at radius 3 is 2.69 bits per heavy atom. The second-order valence-corrected chi connectivity index (χ2v) is 8.19. The molecule has 0 atom stereocenters. The number of anilines is 1. The number of sulfonamides is 1. The number of aromatic nitrogens is 3. The smallest absolute Gasteiger partial charge is 0.263 e. The van der Waals surface area contributed by atoms with Gasteiger partial charge in [0.15, 0.2) is 0 Å². The van der Waals surface area contributed by atoms with Crippen molar-refractivity contribution in [3.8, 4) is 29.0 Å². The van der Waals surface area contributed by atoms with E-state index in [0.29, 0.717) is 23.0 Å². The van der Waals surface area contributed by atoms with Crippen LogP contribution in [0.1, 0.15) is 11.5 Å². The van der Waals surface area contributed by atoms with Crippen LogP contribution in [0.25, 0.3) is 11.4 Å². The monoisotopic (exact) mass is 451 g/mol. The van der Waals surface area contributed by atoms with Gasteiger partial charge in [0.05, 0.1) is 16.7 Å². The Kier molecular flexibility index (Phi) is 5.53. The van der Waals surface area contributed by atoms with Crippen molar-refractivity contribution in [3.05, 3.63) is 78.1 Å². The molecule has 32 heavy (non-hydrogen) atoms. The van der Waals surface area contributed by atoms with Crippen LogP contribution in [0.3, 0.4) is 0 Å². The maximum atomic E-state index is 13.0. The number of benzene rings is 2. The van der Waals surface area contributed by atoms with E-state index in [-0.39, 0.29) is 22.0 Å². The zero-order valence-electron chi connectivity index (χ0n) is 16.5. The number of hydrogen-bond acceptors (Lipinski definition) is 8. The predicted octanol–water partition coefficient (Wildman–Crippen LogP) is 4.04. The van der Waals surface area contributed by atoms with Gasteiger partial charge in [0, 0.05) is 12.5 Å². The molecule has 9 nitrogen and oxygen atoms in total. The Hall–Kier alpha value is -4.30. The molecule has 2 aromatic heterocycles. The number of rotatable bonds is 6. The lowest BCUT2D eigenvalue weighted by atomic mass is 10.2. The highest BCUT2D eigenvalue weighted by Gasteiger charge is 2.18. The fourth-order valence-corrected chi connectivity index (χ4v) is 3.76. The molecule has 0 fully saturated rings. The van der Waals surface area contributed by atoms with Gasteiger partial charge in [0.2, 0.25) is 11.7 Å². The third kappa shape index (κ3) is 4.55. The second kappa shape index (κ2) is 8.44. The topological polar surface area (TPSA) is 131 Å². The first-order chi connectivity index (χ1) is 15.3. The molecule has 11 heteroatoms. The number of nitrogens with one attached hydrogen (secondary N) is 1. The van der Waals surface area contributed by atoms with E-state index in [0.717, 1.165) is 12.3 Å². The molecular formula is C21H14FN5O4S. The van der Waals surface area contributed by atoms with Gasteiger partial charge in [-0.2, -0.15) is 10.2 Å². The first kappa shape index (κ1) is 21.0. The molecule has 0 saturated carbocycles. The van der Waals surface area contributed by atoms with Crippen LogP contribution in [0.4, 0.5) is 10.2 Å². The van der Waals surface area contributed by atoms with Crippen LogP contribution >= 0.6 is 0 Å². The lowest BCUT2D eigenvalue weighted by Crippen LogP contribution is -2.14. The lowest BCUT2D eigenvalue weighted by molar-refractivity contribution is 0.394. The fourth-order valence-electron chi connectivity index (χ4n) is 2.73.